The Morgan fingerprint density at radius 2 is 2.14 bits per heavy atom. The maximum Gasteiger partial charge on any atom is 0.469 e. The zero-order valence-corrected chi connectivity index (χ0v) is 12.0. The molecule has 0 radical (unpaired) electrons. The van der Waals surface area contributed by atoms with Gasteiger partial charge in [0.1, 0.15) is 11.4 Å². The van der Waals surface area contributed by atoms with Gasteiger partial charge in [0.25, 0.3) is 0 Å². The highest BCUT2D eigenvalue weighted by molar-refractivity contribution is 7.46. The Morgan fingerprint density at radius 3 is 2.67 bits per heavy atom. The van der Waals surface area contributed by atoms with E-state index in [1.165, 1.54) is 13.1 Å². The molecule has 0 amide bonds. The third kappa shape index (κ3) is 5.16. The minimum atomic E-state index is -4.67. The van der Waals surface area contributed by atoms with E-state index in [4.69, 9.17) is 14.9 Å². The summed E-state index contributed by atoms with van der Waals surface area (Å²) in [5.41, 5.74) is 0.434. The molecule has 0 aromatic carbocycles. The molecule has 1 aromatic rings. The van der Waals surface area contributed by atoms with E-state index in [9.17, 15) is 14.5 Å². The number of aromatic hydroxyl groups is 1. The fourth-order valence-electron chi connectivity index (χ4n) is 1.43. The number of nitrogens with zero attached hydrogens (tertiary/aromatic N) is 1. The molecule has 5 N–H and O–H groups in total. The van der Waals surface area contributed by atoms with Gasteiger partial charge in [-0.15, -0.1) is 0 Å². The molecular formula is C11H15N2O7P. The summed E-state index contributed by atoms with van der Waals surface area (Å²) in [5.74, 6) is -1.47. The molecule has 0 unspecified atom stereocenters. The zero-order chi connectivity index (χ0) is 16.2. The number of aryl methyl sites for hydroxylation is 1. The van der Waals surface area contributed by atoms with Crippen molar-refractivity contribution in [3.8, 4) is 5.75 Å². The minimum absolute atomic E-state index is 0.111. The van der Waals surface area contributed by atoms with E-state index in [-0.39, 0.29) is 34.8 Å². The van der Waals surface area contributed by atoms with Crippen LogP contribution in [0.2, 0.25) is 0 Å². The molecule has 0 saturated carbocycles. The van der Waals surface area contributed by atoms with Crippen molar-refractivity contribution in [2.75, 3.05) is 0 Å². The Labute approximate surface area is 120 Å². The Morgan fingerprint density at radius 1 is 1.52 bits per heavy atom. The summed E-state index contributed by atoms with van der Waals surface area (Å²) in [6.45, 7) is 4.20. The molecule has 1 rings (SSSR count). The lowest BCUT2D eigenvalue weighted by molar-refractivity contribution is -0.133. The highest BCUT2D eigenvalue weighted by atomic mass is 31.2. The molecule has 116 valence electrons. The van der Waals surface area contributed by atoms with Crippen molar-refractivity contribution in [2.24, 2.45) is 0 Å². The fourth-order valence-corrected chi connectivity index (χ4v) is 1.74. The molecule has 0 aliphatic carbocycles. The third-order valence-electron chi connectivity index (χ3n) is 2.56. The summed E-state index contributed by atoms with van der Waals surface area (Å²) in [7, 11) is -4.67. The average Bonchev–Trinajstić information content (AvgIpc) is 2.37. The number of phosphoric ester groups is 1. The van der Waals surface area contributed by atoms with Gasteiger partial charge >= 0.3 is 13.8 Å². The van der Waals surface area contributed by atoms with E-state index in [0.29, 0.717) is 0 Å². The smallest absolute Gasteiger partial charge is 0.469 e. The van der Waals surface area contributed by atoms with Crippen LogP contribution in [0.5, 0.6) is 5.75 Å². The highest BCUT2D eigenvalue weighted by Crippen LogP contribution is 2.38. The summed E-state index contributed by atoms with van der Waals surface area (Å²) in [6.07, 6.45) is 1.28. The normalized spacial score (nSPS) is 11.2. The number of carboxylic acid groups (broad SMARTS) is 1. The van der Waals surface area contributed by atoms with E-state index in [1.807, 2.05) is 0 Å². The first kappa shape index (κ1) is 17.1. The van der Waals surface area contributed by atoms with Gasteiger partial charge < -0.3 is 25.3 Å². The van der Waals surface area contributed by atoms with Crippen molar-refractivity contribution in [3.63, 3.8) is 0 Å². The Balaban J connectivity index is 2.98. The van der Waals surface area contributed by atoms with Crippen LogP contribution in [-0.4, -0.2) is 31.0 Å². The van der Waals surface area contributed by atoms with E-state index in [0.717, 1.165) is 0 Å². The lowest BCUT2D eigenvalue weighted by Crippen LogP contribution is -2.20. The second-order valence-electron chi connectivity index (χ2n) is 4.10. The van der Waals surface area contributed by atoms with E-state index < -0.39 is 20.4 Å². The molecule has 9 nitrogen and oxygen atoms in total. The SMILES string of the molecule is C=C(NCc1c(COP(=O)(O)O)cnc(C)c1O)C(=O)O. The van der Waals surface area contributed by atoms with Crippen molar-refractivity contribution in [3.05, 3.63) is 35.3 Å². The Hall–Kier alpha value is -1.93. The number of aromatic nitrogens is 1. The third-order valence-corrected chi connectivity index (χ3v) is 3.02. The first-order valence-electron chi connectivity index (χ1n) is 5.64. The summed E-state index contributed by atoms with van der Waals surface area (Å²) in [4.78, 5) is 31.9. The summed E-state index contributed by atoms with van der Waals surface area (Å²) >= 11 is 0. The number of rotatable bonds is 7. The molecule has 0 atom stereocenters. The van der Waals surface area contributed by atoms with Crippen molar-refractivity contribution < 1.29 is 33.9 Å². The minimum Gasteiger partial charge on any atom is -0.506 e. The highest BCUT2D eigenvalue weighted by Gasteiger charge is 2.18. The molecule has 0 saturated heterocycles. The summed E-state index contributed by atoms with van der Waals surface area (Å²) in [6, 6.07) is 0. The van der Waals surface area contributed by atoms with Gasteiger partial charge in [0.15, 0.2) is 0 Å². The topological polar surface area (TPSA) is 149 Å². The first-order chi connectivity index (χ1) is 9.61. The van der Waals surface area contributed by atoms with Gasteiger partial charge in [0.05, 0.1) is 12.3 Å². The second kappa shape index (κ2) is 6.68. The van der Waals surface area contributed by atoms with Gasteiger partial charge in [0, 0.05) is 23.9 Å². The molecule has 21 heavy (non-hydrogen) atoms. The van der Waals surface area contributed by atoms with Crippen LogP contribution in [0.15, 0.2) is 18.5 Å². The Bertz CT molecular complexity index is 611. The van der Waals surface area contributed by atoms with Gasteiger partial charge in [0.2, 0.25) is 0 Å². The predicted octanol–water partition coefficient (Wildman–Crippen LogP) is 0.393. The van der Waals surface area contributed by atoms with Gasteiger partial charge in [-0.1, -0.05) is 6.58 Å². The number of aliphatic carboxylic acids is 1. The number of carboxylic acids is 1. The maximum absolute atomic E-state index is 10.7. The van der Waals surface area contributed by atoms with Crippen LogP contribution >= 0.6 is 7.82 Å². The predicted molar refractivity (Wildman–Crippen MR) is 71.1 cm³/mol. The van der Waals surface area contributed by atoms with Gasteiger partial charge in [-0.2, -0.15) is 0 Å². The molecule has 10 heteroatoms. The van der Waals surface area contributed by atoms with Crippen molar-refractivity contribution >= 4 is 13.8 Å². The number of hydrogen-bond acceptors (Lipinski definition) is 6. The summed E-state index contributed by atoms with van der Waals surface area (Å²) in [5, 5.41) is 21.1. The van der Waals surface area contributed by atoms with Crippen molar-refractivity contribution in [1.29, 1.82) is 0 Å². The number of hydrogen-bond donors (Lipinski definition) is 5. The Kier molecular flexibility index (Phi) is 5.45. The molecule has 0 bridgehead atoms. The van der Waals surface area contributed by atoms with E-state index in [2.05, 4.69) is 21.4 Å². The molecule has 1 aromatic heterocycles. The molecule has 0 fully saturated rings. The monoisotopic (exact) mass is 318 g/mol. The lowest BCUT2D eigenvalue weighted by Gasteiger charge is -2.14. The molecule has 1 heterocycles. The summed E-state index contributed by atoms with van der Waals surface area (Å²) < 4.78 is 15.1. The lowest BCUT2D eigenvalue weighted by atomic mass is 10.1. The number of carbonyl (C=O) groups is 1. The zero-order valence-electron chi connectivity index (χ0n) is 11.1. The van der Waals surface area contributed by atoms with Crippen molar-refractivity contribution in [2.45, 2.75) is 20.1 Å². The van der Waals surface area contributed by atoms with Crippen LogP contribution in [0.3, 0.4) is 0 Å². The average molecular weight is 318 g/mol. The van der Waals surface area contributed by atoms with E-state index >= 15 is 0 Å². The standard InChI is InChI=1S/C11H15N2O7P/c1-6-10(14)9(4-13-7(2)11(15)16)8(3-12-6)5-20-21(17,18)19/h3,13-14H,2,4-5H2,1H3,(H,15,16)(H2,17,18,19). The molecule has 0 aliphatic rings. The fraction of sp³-hybridized carbons (Fsp3) is 0.273. The maximum atomic E-state index is 10.7. The van der Waals surface area contributed by atoms with Crippen LogP contribution in [0.4, 0.5) is 0 Å². The molecular weight excluding hydrogens is 303 g/mol. The van der Waals surface area contributed by atoms with Crippen LogP contribution in [0.1, 0.15) is 16.8 Å². The first-order valence-corrected chi connectivity index (χ1v) is 7.17. The van der Waals surface area contributed by atoms with Gasteiger partial charge in [-0.05, 0) is 6.92 Å². The number of nitrogens with one attached hydrogen (secondary N) is 1. The van der Waals surface area contributed by atoms with Crippen LogP contribution in [0.25, 0.3) is 0 Å². The van der Waals surface area contributed by atoms with Crippen LogP contribution < -0.4 is 5.32 Å². The van der Waals surface area contributed by atoms with Crippen LogP contribution in [0, 0.1) is 6.92 Å². The van der Waals surface area contributed by atoms with Crippen molar-refractivity contribution in [1.82, 2.24) is 10.3 Å². The number of pyridine rings is 1. The van der Waals surface area contributed by atoms with Gasteiger partial charge in [-0.25, -0.2) is 9.36 Å². The molecule has 0 spiro atoms. The quantitative estimate of drug-likeness (QED) is 0.355. The van der Waals surface area contributed by atoms with Crippen LogP contribution in [-0.2, 0) is 27.0 Å². The second-order valence-corrected chi connectivity index (χ2v) is 5.34. The number of phosphoric acid groups is 1. The molecule has 0 aliphatic heterocycles. The van der Waals surface area contributed by atoms with Gasteiger partial charge in [-0.3, -0.25) is 9.51 Å². The largest absolute Gasteiger partial charge is 0.506 e. The van der Waals surface area contributed by atoms with E-state index in [1.54, 1.807) is 0 Å².